The van der Waals surface area contributed by atoms with Gasteiger partial charge in [-0.25, -0.2) is 9.97 Å². The highest BCUT2D eigenvalue weighted by atomic mass is 32.2. The minimum atomic E-state index is -2.58. The highest BCUT2D eigenvalue weighted by molar-refractivity contribution is 7.99. The zero-order valence-corrected chi connectivity index (χ0v) is 15.2. The van der Waals surface area contributed by atoms with E-state index in [9.17, 15) is 18.4 Å². The zero-order chi connectivity index (χ0) is 18.6. The van der Waals surface area contributed by atoms with Crippen LogP contribution in [0.1, 0.15) is 43.1 Å². The maximum atomic E-state index is 12.4. The van der Waals surface area contributed by atoms with E-state index < -0.39 is 17.8 Å². The molecule has 0 unspecified atom stereocenters. The summed E-state index contributed by atoms with van der Waals surface area (Å²) in [6.07, 6.45) is 1.48. The highest BCUT2D eigenvalue weighted by Gasteiger charge is 2.27. The average molecular weight is 373 g/mol. The maximum absolute atomic E-state index is 12.4. The number of hydrogen-bond donors (Lipinski definition) is 1. The summed E-state index contributed by atoms with van der Waals surface area (Å²) < 4.78 is 29.9. The fraction of sp³-hybridized carbons (Fsp3) is 0.625. The van der Waals surface area contributed by atoms with Gasteiger partial charge in [-0.05, 0) is 57.4 Å². The summed E-state index contributed by atoms with van der Waals surface area (Å²) in [5.74, 6) is -3.37. The molecular formula is C16H21F2N3O3S. The third kappa shape index (κ3) is 6.22. The molecule has 1 aliphatic carbocycles. The minimum Gasteiger partial charge on any atom is -0.453 e. The molecule has 9 heteroatoms. The van der Waals surface area contributed by atoms with Crippen molar-refractivity contribution in [3.8, 4) is 0 Å². The van der Waals surface area contributed by atoms with Crippen LogP contribution in [-0.2, 0) is 20.7 Å². The summed E-state index contributed by atoms with van der Waals surface area (Å²) in [7, 11) is 0. The molecule has 1 fully saturated rings. The van der Waals surface area contributed by atoms with Crippen molar-refractivity contribution >= 4 is 23.6 Å². The van der Waals surface area contributed by atoms with Gasteiger partial charge in [0.25, 0.3) is 11.7 Å². The van der Waals surface area contributed by atoms with Gasteiger partial charge in [0.2, 0.25) is 0 Å². The highest BCUT2D eigenvalue weighted by Crippen LogP contribution is 2.24. The second-order valence-electron chi connectivity index (χ2n) is 5.95. The van der Waals surface area contributed by atoms with E-state index in [2.05, 4.69) is 15.3 Å². The Hall–Kier alpha value is -1.77. The minimum absolute atomic E-state index is 0.0155. The smallest absolute Gasteiger partial charge is 0.306 e. The quantitative estimate of drug-likeness (QED) is 0.428. The summed E-state index contributed by atoms with van der Waals surface area (Å²) >= 11 is 0.290. The molecule has 0 radical (unpaired) electrons. The summed E-state index contributed by atoms with van der Waals surface area (Å²) in [4.78, 5) is 31.8. The van der Waals surface area contributed by atoms with Crippen molar-refractivity contribution < 1.29 is 23.1 Å². The lowest BCUT2D eigenvalue weighted by Crippen LogP contribution is -2.37. The van der Waals surface area contributed by atoms with E-state index in [0.29, 0.717) is 17.8 Å². The number of thioether (sulfide) groups is 1. The van der Waals surface area contributed by atoms with Crippen molar-refractivity contribution in [2.75, 3.05) is 0 Å². The molecular weight excluding hydrogens is 352 g/mol. The van der Waals surface area contributed by atoms with Gasteiger partial charge in [0.1, 0.15) is 0 Å². The number of aromatic nitrogens is 2. The first-order valence-electron chi connectivity index (χ1n) is 8.05. The van der Waals surface area contributed by atoms with Crippen LogP contribution in [-0.4, -0.2) is 39.7 Å². The molecule has 0 aliphatic heterocycles. The molecule has 0 bridgehead atoms. The predicted molar refractivity (Wildman–Crippen MR) is 88.4 cm³/mol. The molecule has 25 heavy (non-hydrogen) atoms. The number of alkyl halides is 2. The Morgan fingerprint density at radius 1 is 1.28 bits per heavy atom. The molecule has 1 aromatic heterocycles. The van der Waals surface area contributed by atoms with Gasteiger partial charge in [-0.3, -0.25) is 9.59 Å². The van der Waals surface area contributed by atoms with Gasteiger partial charge < -0.3 is 10.1 Å². The zero-order valence-electron chi connectivity index (χ0n) is 14.3. The van der Waals surface area contributed by atoms with Crippen LogP contribution in [0.25, 0.3) is 0 Å². The van der Waals surface area contributed by atoms with Crippen LogP contribution in [0.15, 0.2) is 5.16 Å². The number of rotatable bonds is 8. The molecule has 1 heterocycles. The molecule has 1 aromatic rings. The van der Waals surface area contributed by atoms with Crippen LogP contribution in [0.5, 0.6) is 0 Å². The molecule has 1 amide bonds. The summed E-state index contributed by atoms with van der Waals surface area (Å²) in [6.45, 7) is 4.92. The van der Waals surface area contributed by atoms with E-state index in [1.165, 1.54) is 6.92 Å². The number of esters is 1. The topological polar surface area (TPSA) is 81.2 Å². The lowest BCUT2D eigenvalue weighted by molar-refractivity contribution is -0.154. The van der Waals surface area contributed by atoms with Crippen molar-refractivity contribution in [3.63, 3.8) is 0 Å². The lowest BCUT2D eigenvalue weighted by atomic mass is 10.1. The van der Waals surface area contributed by atoms with Crippen molar-refractivity contribution in [2.24, 2.45) is 0 Å². The van der Waals surface area contributed by atoms with Crippen molar-refractivity contribution in [3.05, 3.63) is 17.0 Å². The third-order valence-corrected chi connectivity index (χ3v) is 4.35. The first-order valence-corrected chi connectivity index (χ1v) is 8.93. The van der Waals surface area contributed by atoms with Gasteiger partial charge in [0.15, 0.2) is 11.3 Å². The second-order valence-corrected chi connectivity index (χ2v) is 6.91. The summed E-state index contributed by atoms with van der Waals surface area (Å²) in [5.41, 5.74) is 1.84. The molecule has 0 aromatic carbocycles. The molecule has 0 saturated heterocycles. The molecule has 1 N–H and O–H groups in total. The van der Waals surface area contributed by atoms with Crippen LogP contribution >= 0.6 is 11.8 Å². The van der Waals surface area contributed by atoms with E-state index in [0.717, 1.165) is 18.4 Å². The van der Waals surface area contributed by atoms with E-state index in [-0.39, 0.29) is 35.3 Å². The van der Waals surface area contributed by atoms with Gasteiger partial charge in [0, 0.05) is 23.9 Å². The van der Waals surface area contributed by atoms with Gasteiger partial charge in [0.05, 0.1) is 0 Å². The molecule has 1 aliphatic rings. The molecule has 138 valence electrons. The summed E-state index contributed by atoms with van der Waals surface area (Å²) in [6, 6.07) is 0.209. The number of aryl methyl sites for hydroxylation is 2. The average Bonchev–Trinajstić information content (AvgIpc) is 3.29. The van der Waals surface area contributed by atoms with Gasteiger partial charge in [-0.15, -0.1) is 0 Å². The van der Waals surface area contributed by atoms with E-state index in [1.807, 2.05) is 0 Å². The van der Waals surface area contributed by atoms with Crippen molar-refractivity contribution in [1.82, 2.24) is 15.3 Å². The number of halogens is 2. The Morgan fingerprint density at radius 3 is 2.40 bits per heavy atom. The lowest BCUT2D eigenvalue weighted by Gasteiger charge is -2.14. The van der Waals surface area contributed by atoms with Crippen LogP contribution in [0.3, 0.4) is 0 Å². The number of nitrogens with zero attached hydrogens (tertiary/aromatic N) is 2. The standard InChI is InChI=1S/C16H21F2N3O3S/c1-8-12(9(2)20-16(19-8)25-15(17)18)6-7-13(22)24-10(3)14(23)21-11-4-5-11/h10-11,15H,4-7H2,1-3H3,(H,21,23)/t10-/m0/s1. The molecule has 2 rings (SSSR count). The Kier molecular flexibility index (Phi) is 6.69. The summed E-state index contributed by atoms with van der Waals surface area (Å²) in [5, 5.41) is 2.79. The van der Waals surface area contributed by atoms with E-state index in [1.54, 1.807) is 13.8 Å². The Morgan fingerprint density at radius 2 is 1.88 bits per heavy atom. The van der Waals surface area contributed by atoms with Gasteiger partial charge in [-0.2, -0.15) is 8.78 Å². The number of hydrogen-bond acceptors (Lipinski definition) is 6. The number of nitrogens with one attached hydrogen (secondary N) is 1. The van der Waals surface area contributed by atoms with E-state index >= 15 is 0 Å². The third-order valence-electron chi connectivity index (χ3n) is 3.77. The number of amides is 1. The molecule has 6 nitrogen and oxygen atoms in total. The Labute approximate surface area is 149 Å². The van der Waals surface area contributed by atoms with Crippen LogP contribution in [0.4, 0.5) is 8.78 Å². The largest absolute Gasteiger partial charge is 0.453 e. The van der Waals surface area contributed by atoms with Gasteiger partial charge in [-0.1, -0.05) is 0 Å². The maximum Gasteiger partial charge on any atom is 0.306 e. The van der Waals surface area contributed by atoms with E-state index in [4.69, 9.17) is 4.74 Å². The first-order chi connectivity index (χ1) is 11.8. The number of ether oxygens (including phenoxy) is 1. The Balaban J connectivity index is 1.87. The Bertz CT molecular complexity index is 631. The fourth-order valence-electron chi connectivity index (χ4n) is 2.29. The fourth-order valence-corrected chi connectivity index (χ4v) is 2.82. The van der Waals surface area contributed by atoms with Crippen LogP contribution in [0.2, 0.25) is 0 Å². The molecule has 0 spiro atoms. The second kappa shape index (κ2) is 8.55. The first kappa shape index (κ1) is 19.6. The SMILES string of the molecule is Cc1nc(SC(F)F)nc(C)c1CCC(=O)O[C@@H](C)C(=O)NC1CC1. The van der Waals surface area contributed by atoms with Crippen LogP contribution < -0.4 is 5.32 Å². The number of carbonyl (C=O) groups excluding carboxylic acids is 2. The van der Waals surface area contributed by atoms with Crippen LogP contribution in [0, 0.1) is 13.8 Å². The predicted octanol–water partition coefficient (Wildman–Crippen LogP) is 2.55. The normalized spacial score (nSPS) is 15.1. The monoisotopic (exact) mass is 373 g/mol. The molecule has 1 saturated carbocycles. The van der Waals surface area contributed by atoms with Crippen molar-refractivity contribution in [1.29, 1.82) is 0 Å². The molecule has 1 atom stereocenters. The van der Waals surface area contributed by atoms with Gasteiger partial charge >= 0.3 is 5.97 Å². The van der Waals surface area contributed by atoms with Crippen molar-refractivity contribution in [2.45, 2.75) is 69.5 Å². The number of carbonyl (C=O) groups is 2.